The highest BCUT2D eigenvalue weighted by Crippen LogP contribution is 2.45. The van der Waals surface area contributed by atoms with E-state index in [4.69, 9.17) is 4.98 Å². The van der Waals surface area contributed by atoms with Gasteiger partial charge in [-0.3, -0.25) is 4.57 Å². The van der Waals surface area contributed by atoms with E-state index in [2.05, 4.69) is 222 Å². The molecule has 1 heterocycles. The molecule has 0 unspecified atom stereocenters. The summed E-state index contributed by atoms with van der Waals surface area (Å²) in [5.74, 6) is 0.931. The first kappa shape index (κ1) is 31.5. The molecule has 0 spiro atoms. The monoisotopic (exact) mass is 689 g/mol. The molecule has 0 atom stereocenters. The fourth-order valence-electron chi connectivity index (χ4n) is 7.97. The number of para-hydroxylation sites is 5. The number of aromatic nitrogens is 2. The third-order valence-electron chi connectivity index (χ3n) is 10.4. The molecule has 0 aliphatic carbocycles. The highest BCUT2D eigenvalue weighted by Gasteiger charge is 2.19. The van der Waals surface area contributed by atoms with Gasteiger partial charge in [0, 0.05) is 28.3 Å². The van der Waals surface area contributed by atoms with Crippen LogP contribution >= 0.6 is 0 Å². The van der Waals surface area contributed by atoms with Gasteiger partial charge in [-0.2, -0.15) is 0 Å². The average Bonchev–Trinajstić information content (AvgIpc) is 3.64. The standard InChI is InChI=1S/C51H35N3/c1-4-16-39(17-5-1)53(40-18-6-2-7-19-40)42-34-32-37(33-35-42)50-45-24-12-10-22-43(45)49(44-23-11-13-25-46(44)50)36-28-30-38(31-29-36)51-52-47-26-14-15-27-48(47)54(51)41-20-8-3-9-21-41/h1-35H. The van der Waals surface area contributed by atoms with E-state index in [0.717, 1.165) is 45.2 Å². The van der Waals surface area contributed by atoms with Gasteiger partial charge >= 0.3 is 0 Å². The molecule has 9 aromatic carbocycles. The van der Waals surface area contributed by atoms with Crippen LogP contribution in [0.3, 0.4) is 0 Å². The molecule has 3 heteroatoms. The van der Waals surface area contributed by atoms with Gasteiger partial charge in [0.2, 0.25) is 0 Å². The number of fused-ring (bicyclic) bond motifs is 3. The quantitative estimate of drug-likeness (QED) is 0.155. The minimum atomic E-state index is 0.931. The van der Waals surface area contributed by atoms with Crippen LogP contribution in [0.15, 0.2) is 212 Å². The first-order chi connectivity index (χ1) is 26.8. The van der Waals surface area contributed by atoms with Crippen molar-refractivity contribution < 1.29 is 0 Å². The fourth-order valence-corrected chi connectivity index (χ4v) is 7.97. The lowest BCUT2D eigenvalue weighted by molar-refractivity contribution is 1.10. The van der Waals surface area contributed by atoms with Crippen molar-refractivity contribution in [2.45, 2.75) is 0 Å². The van der Waals surface area contributed by atoms with Gasteiger partial charge in [0.25, 0.3) is 0 Å². The molecular formula is C51H35N3. The Kier molecular flexibility index (Phi) is 7.81. The second-order valence-electron chi connectivity index (χ2n) is 13.6. The van der Waals surface area contributed by atoms with E-state index in [1.54, 1.807) is 0 Å². The van der Waals surface area contributed by atoms with Crippen LogP contribution in [0.1, 0.15) is 0 Å². The summed E-state index contributed by atoms with van der Waals surface area (Å²) >= 11 is 0. The number of imidazole rings is 1. The van der Waals surface area contributed by atoms with Crippen molar-refractivity contribution in [2.75, 3.05) is 4.90 Å². The van der Waals surface area contributed by atoms with E-state index in [-0.39, 0.29) is 0 Å². The van der Waals surface area contributed by atoms with Crippen LogP contribution in [0.4, 0.5) is 17.1 Å². The van der Waals surface area contributed by atoms with Crippen molar-refractivity contribution in [3.63, 3.8) is 0 Å². The zero-order valence-electron chi connectivity index (χ0n) is 29.5. The molecule has 0 radical (unpaired) electrons. The van der Waals surface area contributed by atoms with Crippen molar-refractivity contribution in [2.24, 2.45) is 0 Å². The second-order valence-corrected chi connectivity index (χ2v) is 13.6. The molecule has 0 aliphatic rings. The number of anilines is 3. The summed E-state index contributed by atoms with van der Waals surface area (Å²) in [5.41, 5.74) is 12.5. The Balaban J connectivity index is 1.10. The van der Waals surface area contributed by atoms with Crippen molar-refractivity contribution >= 4 is 49.6 Å². The number of nitrogens with zero attached hydrogens (tertiary/aromatic N) is 3. The predicted octanol–water partition coefficient (Wildman–Crippen LogP) is 13.8. The maximum absolute atomic E-state index is 5.12. The molecule has 54 heavy (non-hydrogen) atoms. The third-order valence-corrected chi connectivity index (χ3v) is 10.4. The topological polar surface area (TPSA) is 21.1 Å². The first-order valence-electron chi connectivity index (χ1n) is 18.4. The molecule has 0 fully saturated rings. The van der Waals surface area contributed by atoms with Gasteiger partial charge in [-0.05, 0) is 104 Å². The summed E-state index contributed by atoms with van der Waals surface area (Å²) in [4.78, 5) is 7.43. The maximum Gasteiger partial charge on any atom is 0.145 e. The highest BCUT2D eigenvalue weighted by molar-refractivity contribution is 6.21. The summed E-state index contributed by atoms with van der Waals surface area (Å²) in [7, 11) is 0. The molecule has 1 aromatic heterocycles. The summed E-state index contributed by atoms with van der Waals surface area (Å²) in [5, 5.41) is 4.93. The van der Waals surface area contributed by atoms with E-state index >= 15 is 0 Å². The zero-order chi connectivity index (χ0) is 35.8. The van der Waals surface area contributed by atoms with Crippen LogP contribution in [-0.4, -0.2) is 9.55 Å². The lowest BCUT2D eigenvalue weighted by Gasteiger charge is -2.25. The molecular weight excluding hydrogens is 655 g/mol. The third kappa shape index (κ3) is 5.42. The normalized spacial score (nSPS) is 11.3. The smallest absolute Gasteiger partial charge is 0.145 e. The van der Waals surface area contributed by atoms with Crippen molar-refractivity contribution in [1.82, 2.24) is 9.55 Å². The predicted molar refractivity (Wildman–Crippen MR) is 227 cm³/mol. The van der Waals surface area contributed by atoms with Crippen LogP contribution < -0.4 is 4.90 Å². The van der Waals surface area contributed by atoms with E-state index in [1.165, 1.54) is 43.8 Å². The lowest BCUT2D eigenvalue weighted by atomic mass is 9.86. The SMILES string of the molecule is c1ccc(N(c2ccccc2)c2ccc(-c3c4ccccc4c(-c4ccc(-c5nc6ccccc6n5-c5ccccc5)cc4)c4ccccc34)cc2)cc1. The van der Waals surface area contributed by atoms with Crippen LogP contribution in [0.5, 0.6) is 0 Å². The minimum Gasteiger partial charge on any atom is -0.311 e. The molecule has 254 valence electrons. The van der Waals surface area contributed by atoms with Gasteiger partial charge in [0.1, 0.15) is 5.82 Å². The Morgan fingerprint density at radius 1 is 0.333 bits per heavy atom. The van der Waals surface area contributed by atoms with Gasteiger partial charge < -0.3 is 4.90 Å². The largest absolute Gasteiger partial charge is 0.311 e. The van der Waals surface area contributed by atoms with Gasteiger partial charge in [-0.1, -0.05) is 152 Å². The average molecular weight is 690 g/mol. The zero-order valence-corrected chi connectivity index (χ0v) is 29.5. The van der Waals surface area contributed by atoms with E-state index in [1.807, 2.05) is 0 Å². The molecule has 0 amide bonds. The van der Waals surface area contributed by atoms with Crippen LogP contribution in [0.25, 0.3) is 71.9 Å². The summed E-state index contributed by atoms with van der Waals surface area (Å²) < 4.78 is 2.26. The van der Waals surface area contributed by atoms with Gasteiger partial charge in [-0.15, -0.1) is 0 Å². The molecule has 10 aromatic rings. The van der Waals surface area contributed by atoms with Crippen LogP contribution in [0.2, 0.25) is 0 Å². The summed E-state index contributed by atoms with van der Waals surface area (Å²) in [6.45, 7) is 0. The first-order valence-corrected chi connectivity index (χ1v) is 18.4. The van der Waals surface area contributed by atoms with Crippen molar-refractivity contribution in [3.8, 4) is 39.3 Å². The second kappa shape index (κ2) is 13.4. The van der Waals surface area contributed by atoms with Crippen LogP contribution in [0, 0.1) is 0 Å². The Bertz CT molecular complexity index is 2800. The molecule has 0 saturated heterocycles. The lowest BCUT2D eigenvalue weighted by Crippen LogP contribution is -2.09. The number of rotatable bonds is 7. The Hall–Kier alpha value is -7.23. The fraction of sp³-hybridized carbons (Fsp3) is 0. The number of hydrogen-bond acceptors (Lipinski definition) is 2. The van der Waals surface area contributed by atoms with E-state index in [0.29, 0.717) is 0 Å². The molecule has 0 saturated carbocycles. The van der Waals surface area contributed by atoms with Gasteiger partial charge in [0.05, 0.1) is 11.0 Å². The van der Waals surface area contributed by atoms with Crippen molar-refractivity contribution in [1.29, 1.82) is 0 Å². The summed E-state index contributed by atoms with van der Waals surface area (Å²) in [6, 6.07) is 75.7. The Labute approximate surface area is 314 Å². The van der Waals surface area contributed by atoms with Crippen molar-refractivity contribution in [3.05, 3.63) is 212 Å². The Morgan fingerprint density at radius 2 is 0.722 bits per heavy atom. The molecule has 0 aliphatic heterocycles. The minimum absolute atomic E-state index is 0.931. The number of benzene rings is 9. The number of hydrogen-bond donors (Lipinski definition) is 0. The van der Waals surface area contributed by atoms with E-state index < -0.39 is 0 Å². The molecule has 0 N–H and O–H groups in total. The van der Waals surface area contributed by atoms with E-state index in [9.17, 15) is 0 Å². The van der Waals surface area contributed by atoms with Crippen LogP contribution in [-0.2, 0) is 0 Å². The Morgan fingerprint density at radius 3 is 1.24 bits per heavy atom. The maximum atomic E-state index is 5.12. The molecule has 3 nitrogen and oxygen atoms in total. The van der Waals surface area contributed by atoms with Gasteiger partial charge in [-0.25, -0.2) is 4.98 Å². The van der Waals surface area contributed by atoms with Gasteiger partial charge in [0.15, 0.2) is 0 Å². The summed E-state index contributed by atoms with van der Waals surface area (Å²) in [6.07, 6.45) is 0. The highest BCUT2D eigenvalue weighted by atomic mass is 15.1. The molecule has 0 bridgehead atoms. The molecule has 10 rings (SSSR count).